The monoisotopic (exact) mass is 388 g/mol. The minimum Gasteiger partial charge on any atom is -0.348 e. The van der Waals surface area contributed by atoms with Crippen LogP contribution in [-0.4, -0.2) is 79.5 Å². The summed E-state index contributed by atoms with van der Waals surface area (Å²) in [6.45, 7) is 9.89. The number of hydrogen-bond donors (Lipinski definition) is 1. The molecular weight excluding hydrogens is 352 g/mol. The van der Waals surface area contributed by atoms with E-state index in [2.05, 4.69) is 55.3 Å². The van der Waals surface area contributed by atoms with Crippen LogP contribution in [0.3, 0.4) is 0 Å². The van der Waals surface area contributed by atoms with Gasteiger partial charge in [0.2, 0.25) is 5.91 Å². The normalized spacial score (nSPS) is 17.0. The number of amides is 3. The molecule has 1 unspecified atom stereocenters. The van der Waals surface area contributed by atoms with Gasteiger partial charge in [0.15, 0.2) is 0 Å². The number of nitrogens with zero attached hydrogens (tertiary/aromatic N) is 3. The summed E-state index contributed by atoms with van der Waals surface area (Å²) >= 11 is 0. The van der Waals surface area contributed by atoms with Gasteiger partial charge in [-0.15, -0.1) is 0 Å². The molecule has 1 atom stereocenters. The van der Waals surface area contributed by atoms with Crippen molar-refractivity contribution < 1.29 is 9.59 Å². The topological polar surface area (TPSA) is 55.9 Å². The Labute approximate surface area is 169 Å². The predicted octanol–water partition coefficient (Wildman–Crippen LogP) is 2.55. The summed E-state index contributed by atoms with van der Waals surface area (Å²) in [6.07, 6.45) is 1.76. The highest BCUT2D eigenvalue weighted by molar-refractivity contribution is 5.77. The average molecular weight is 389 g/mol. The van der Waals surface area contributed by atoms with Crippen molar-refractivity contribution in [2.24, 2.45) is 0 Å². The van der Waals surface area contributed by atoms with Gasteiger partial charge >= 0.3 is 6.03 Å². The Kier molecular flexibility index (Phi) is 7.87. The lowest BCUT2D eigenvalue weighted by molar-refractivity contribution is -0.129. The van der Waals surface area contributed by atoms with Crippen LogP contribution in [-0.2, 0) is 10.2 Å². The van der Waals surface area contributed by atoms with E-state index in [4.69, 9.17) is 0 Å². The first-order valence-corrected chi connectivity index (χ1v) is 10.2. The first-order valence-electron chi connectivity index (χ1n) is 10.2. The number of rotatable bonds is 6. The van der Waals surface area contributed by atoms with Crippen molar-refractivity contribution >= 4 is 11.9 Å². The molecule has 1 fully saturated rings. The quantitative estimate of drug-likeness (QED) is 0.815. The molecule has 1 heterocycles. The minimum absolute atomic E-state index is 0.00264. The van der Waals surface area contributed by atoms with E-state index in [1.165, 1.54) is 5.56 Å². The molecule has 0 radical (unpaired) electrons. The summed E-state index contributed by atoms with van der Waals surface area (Å²) in [5, 5.41) is 3.17. The summed E-state index contributed by atoms with van der Waals surface area (Å²) in [5.41, 5.74) is 1.28. The van der Waals surface area contributed by atoms with E-state index in [1.54, 1.807) is 19.0 Å². The Bertz CT molecular complexity index is 645. The molecule has 0 saturated carbocycles. The van der Waals surface area contributed by atoms with Gasteiger partial charge in [-0.1, -0.05) is 44.2 Å². The fourth-order valence-corrected chi connectivity index (χ4v) is 3.79. The van der Waals surface area contributed by atoms with Gasteiger partial charge in [-0.05, 0) is 30.7 Å². The summed E-state index contributed by atoms with van der Waals surface area (Å²) in [6, 6.07) is 10.5. The summed E-state index contributed by atoms with van der Waals surface area (Å²) < 4.78 is 0. The third-order valence-corrected chi connectivity index (χ3v) is 5.48. The molecular formula is C22H36N4O2. The van der Waals surface area contributed by atoms with E-state index in [0.29, 0.717) is 13.1 Å². The second-order valence-corrected chi connectivity index (χ2v) is 8.71. The Balaban J connectivity index is 1.84. The standard InChI is InChI=1S/C22H36N4O2/c1-18(16-22(2,3)19-10-7-6-8-11-19)23-21(28)26-13-9-12-25(14-15-26)17-20(27)24(4)5/h6-8,10-11,18H,9,12-17H2,1-5H3,(H,23,28). The van der Waals surface area contributed by atoms with Crippen LogP contribution in [0.25, 0.3) is 0 Å². The van der Waals surface area contributed by atoms with Crippen LogP contribution >= 0.6 is 0 Å². The first-order chi connectivity index (χ1) is 13.2. The van der Waals surface area contributed by atoms with Crippen LogP contribution in [0, 0.1) is 0 Å². The van der Waals surface area contributed by atoms with E-state index in [1.807, 2.05) is 11.0 Å². The number of carbonyl (C=O) groups excluding carboxylic acids is 2. The average Bonchev–Trinajstić information content (AvgIpc) is 2.87. The maximum atomic E-state index is 12.7. The van der Waals surface area contributed by atoms with Gasteiger partial charge in [-0.3, -0.25) is 9.69 Å². The van der Waals surface area contributed by atoms with E-state index < -0.39 is 0 Å². The van der Waals surface area contributed by atoms with Crippen LogP contribution < -0.4 is 5.32 Å². The molecule has 3 amide bonds. The highest BCUT2D eigenvalue weighted by Gasteiger charge is 2.26. The molecule has 1 aliphatic heterocycles. The molecule has 156 valence electrons. The predicted molar refractivity (Wildman–Crippen MR) is 113 cm³/mol. The maximum absolute atomic E-state index is 12.7. The number of likely N-dealkylation sites (N-methyl/N-ethyl adjacent to an activating group) is 1. The van der Waals surface area contributed by atoms with Gasteiger partial charge in [0, 0.05) is 46.3 Å². The van der Waals surface area contributed by atoms with Gasteiger partial charge in [-0.25, -0.2) is 4.79 Å². The summed E-state index contributed by atoms with van der Waals surface area (Å²) in [5.74, 6) is 0.106. The van der Waals surface area contributed by atoms with E-state index >= 15 is 0 Å². The van der Waals surface area contributed by atoms with Gasteiger partial charge in [-0.2, -0.15) is 0 Å². The fourth-order valence-electron chi connectivity index (χ4n) is 3.79. The second kappa shape index (κ2) is 9.92. The first kappa shape index (κ1) is 22.2. The Hall–Kier alpha value is -2.08. The molecule has 1 aromatic carbocycles. The molecule has 6 nitrogen and oxygen atoms in total. The van der Waals surface area contributed by atoms with E-state index in [9.17, 15) is 9.59 Å². The van der Waals surface area contributed by atoms with Crippen LogP contribution in [0.1, 0.15) is 39.2 Å². The number of nitrogens with one attached hydrogen (secondary N) is 1. The van der Waals surface area contributed by atoms with Crippen LogP contribution in [0.15, 0.2) is 30.3 Å². The lowest BCUT2D eigenvalue weighted by Gasteiger charge is -2.31. The highest BCUT2D eigenvalue weighted by atomic mass is 16.2. The Morgan fingerprint density at radius 2 is 1.79 bits per heavy atom. The highest BCUT2D eigenvalue weighted by Crippen LogP contribution is 2.28. The molecule has 0 spiro atoms. The third-order valence-electron chi connectivity index (χ3n) is 5.48. The number of benzene rings is 1. The van der Waals surface area contributed by atoms with Gasteiger partial charge in [0.25, 0.3) is 0 Å². The van der Waals surface area contributed by atoms with Crippen molar-refractivity contribution in [3.05, 3.63) is 35.9 Å². The molecule has 6 heteroatoms. The Morgan fingerprint density at radius 1 is 1.11 bits per heavy atom. The van der Waals surface area contributed by atoms with Gasteiger partial charge in [0.1, 0.15) is 0 Å². The lowest BCUT2D eigenvalue weighted by atomic mass is 9.79. The molecule has 2 rings (SSSR count). The lowest BCUT2D eigenvalue weighted by Crippen LogP contribution is -2.47. The van der Waals surface area contributed by atoms with E-state index in [0.717, 1.165) is 32.5 Å². The zero-order valence-corrected chi connectivity index (χ0v) is 18.1. The third kappa shape index (κ3) is 6.51. The van der Waals surface area contributed by atoms with Crippen molar-refractivity contribution in [3.63, 3.8) is 0 Å². The molecule has 1 aromatic rings. The molecule has 1 aliphatic rings. The van der Waals surface area contributed by atoms with Crippen LogP contribution in [0.2, 0.25) is 0 Å². The van der Waals surface area contributed by atoms with Crippen molar-refractivity contribution in [2.45, 2.75) is 45.1 Å². The zero-order chi connectivity index (χ0) is 20.7. The van der Waals surface area contributed by atoms with Crippen molar-refractivity contribution in [1.29, 1.82) is 0 Å². The Morgan fingerprint density at radius 3 is 2.43 bits per heavy atom. The molecule has 1 N–H and O–H groups in total. The SMILES string of the molecule is CC(CC(C)(C)c1ccccc1)NC(=O)N1CCCN(CC(=O)N(C)C)CC1. The minimum atomic E-state index is -0.00389. The summed E-state index contributed by atoms with van der Waals surface area (Å²) in [4.78, 5) is 30.3. The number of urea groups is 1. The van der Waals surface area contributed by atoms with Crippen LogP contribution in [0.5, 0.6) is 0 Å². The fraction of sp³-hybridized carbons (Fsp3) is 0.636. The molecule has 0 aromatic heterocycles. The van der Waals surface area contributed by atoms with Gasteiger partial charge in [0.05, 0.1) is 6.54 Å². The largest absolute Gasteiger partial charge is 0.348 e. The number of hydrogen-bond acceptors (Lipinski definition) is 3. The number of carbonyl (C=O) groups is 2. The van der Waals surface area contributed by atoms with Crippen molar-refractivity contribution in [2.75, 3.05) is 46.8 Å². The van der Waals surface area contributed by atoms with Crippen molar-refractivity contribution in [3.8, 4) is 0 Å². The molecule has 0 bridgehead atoms. The van der Waals surface area contributed by atoms with Crippen molar-refractivity contribution in [1.82, 2.24) is 20.0 Å². The summed E-state index contributed by atoms with van der Waals surface area (Å²) in [7, 11) is 3.55. The molecule has 1 saturated heterocycles. The van der Waals surface area contributed by atoms with Crippen LogP contribution in [0.4, 0.5) is 4.79 Å². The maximum Gasteiger partial charge on any atom is 0.317 e. The van der Waals surface area contributed by atoms with E-state index in [-0.39, 0.29) is 23.4 Å². The zero-order valence-electron chi connectivity index (χ0n) is 18.1. The smallest absolute Gasteiger partial charge is 0.317 e. The second-order valence-electron chi connectivity index (χ2n) is 8.71. The van der Waals surface area contributed by atoms with Gasteiger partial charge < -0.3 is 15.1 Å². The molecule has 28 heavy (non-hydrogen) atoms. The molecule has 0 aliphatic carbocycles.